The summed E-state index contributed by atoms with van der Waals surface area (Å²) >= 11 is 0. The number of aryl methyl sites for hydroxylation is 1. The summed E-state index contributed by atoms with van der Waals surface area (Å²) in [7, 11) is 2.82. The van der Waals surface area contributed by atoms with Gasteiger partial charge in [0.1, 0.15) is 11.3 Å². The van der Waals surface area contributed by atoms with Gasteiger partial charge in [-0.25, -0.2) is 4.79 Å². The fraction of sp³-hybridized carbons (Fsp3) is 0.333. The highest BCUT2D eigenvalue weighted by molar-refractivity contribution is 5.92. The van der Waals surface area contributed by atoms with E-state index in [0.717, 1.165) is 5.56 Å². The molecule has 0 heterocycles. The molecule has 1 aromatic carbocycles. The Morgan fingerprint density at radius 3 is 2.75 bits per heavy atom. The van der Waals surface area contributed by atoms with Crippen molar-refractivity contribution in [2.45, 2.75) is 12.8 Å². The third-order valence-corrected chi connectivity index (χ3v) is 2.19. The molecule has 0 aliphatic rings. The predicted octanol–water partition coefficient (Wildman–Crippen LogP) is 1.94. The summed E-state index contributed by atoms with van der Waals surface area (Å²) < 4.78 is 9.72. The Morgan fingerprint density at radius 2 is 2.19 bits per heavy atom. The maximum atomic E-state index is 11.5. The molecule has 0 spiro atoms. The zero-order valence-electron chi connectivity index (χ0n) is 9.32. The monoisotopic (exact) mass is 219 g/mol. The minimum atomic E-state index is -0.435. The van der Waals surface area contributed by atoms with Crippen LogP contribution in [-0.2, 0) is 11.2 Å². The summed E-state index contributed by atoms with van der Waals surface area (Å²) in [6.07, 6.45) is 1.04. The second-order valence-electron chi connectivity index (χ2n) is 3.18. The van der Waals surface area contributed by atoms with Crippen LogP contribution in [0.25, 0.3) is 0 Å². The van der Waals surface area contributed by atoms with Gasteiger partial charge >= 0.3 is 5.97 Å². The molecule has 0 aliphatic heterocycles. The van der Waals surface area contributed by atoms with Crippen molar-refractivity contribution in [1.82, 2.24) is 0 Å². The van der Waals surface area contributed by atoms with Crippen molar-refractivity contribution in [3.8, 4) is 11.8 Å². The third kappa shape index (κ3) is 2.74. The van der Waals surface area contributed by atoms with Crippen molar-refractivity contribution in [1.29, 1.82) is 5.26 Å². The number of hydrogen-bond donors (Lipinski definition) is 0. The molecule has 4 nitrogen and oxygen atoms in total. The molecule has 16 heavy (non-hydrogen) atoms. The molecule has 0 radical (unpaired) electrons. The van der Waals surface area contributed by atoms with Crippen molar-refractivity contribution in [2.75, 3.05) is 14.2 Å². The Morgan fingerprint density at radius 1 is 1.44 bits per heavy atom. The van der Waals surface area contributed by atoms with Crippen LogP contribution in [0.1, 0.15) is 22.3 Å². The summed E-state index contributed by atoms with van der Waals surface area (Å²) in [4.78, 5) is 11.5. The van der Waals surface area contributed by atoms with Crippen LogP contribution < -0.4 is 4.74 Å². The van der Waals surface area contributed by atoms with Gasteiger partial charge in [0, 0.05) is 6.42 Å². The number of nitrogens with zero attached hydrogens (tertiary/aromatic N) is 1. The van der Waals surface area contributed by atoms with Gasteiger partial charge < -0.3 is 9.47 Å². The van der Waals surface area contributed by atoms with Gasteiger partial charge in [-0.3, -0.25) is 0 Å². The van der Waals surface area contributed by atoms with Crippen LogP contribution in [0.5, 0.6) is 5.75 Å². The highest BCUT2D eigenvalue weighted by Gasteiger charge is 2.12. The van der Waals surface area contributed by atoms with Crippen molar-refractivity contribution >= 4 is 5.97 Å². The molecule has 84 valence electrons. The van der Waals surface area contributed by atoms with Gasteiger partial charge in [0.15, 0.2) is 0 Å². The highest BCUT2D eigenvalue weighted by atomic mass is 16.5. The number of hydrogen-bond acceptors (Lipinski definition) is 4. The largest absolute Gasteiger partial charge is 0.496 e. The highest BCUT2D eigenvalue weighted by Crippen LogP contribution is 2.21. The number of carbonyl (C=O) groups is 1. The topological polar surface area (TPSA) is 59.3 Å². The van der Waals surface area contributed by atoms with Crippen molar-refractivity contribution in [3.63, 3.8) is 0 Å². The third-order valence-electron chi connectivity index (χ3n) is 2.19. The maximum Gasteiger partial charge on any atom is 0.341 e. The smallest absolute Gasteiger partial charge is 0.341 e. The minimum Gasteiger partial charge on any atom is -0.496 e. The Kier molecular flexibility index (Phi) is 4.34. The lowest BCUT2D eigenvalue weighted by molar-refractivity contribution is 0.0597. The lowest BCUT2D eigenvalue weighted by Gasteiger charge is -2.08. The number of nitriles is 1. The molecule has 0 amide bonds. The van der Waals surface area contributed by atoms with E-state index in [9.17, 15) is 4.79 Å². The van der Waals surface area contributed by atoms with E-state index < -0.39 is 5.97 Å². The SMILES string of the molecule is COC(=O)c1cc(CCC#N)ccc1OC. The van der Waals surface area contributed by atoms with Crippen LogP contribution in [0.4, 0.5) is 0 Å². The summed E-state index contributed by atoms with van der Waals surface area (Å²) in [5.41, 5.74) is 1.31. The van der Waals surface area contributed by atoms with Crippen molar-refractivity contribution in [2.24, 2.45) is 0 Å². The Bertz CT molecular complexity index is 421. The molecule has 0 atom stereocenters. The number of methoxy groups -OCH3 is 2. The summed E-state index contributed by atoms with van der Waals surface area (Å²) in [6, 6.07) is 7.30. The molecular weight excluding hydrogens is 206 g/mol. The number of benzene rings is 1. The zero-order chi connectivity index (χ0) is 12.0. The average molecular weight is 219 g/mol. The second-order valence-corrected chi connectivity index (χ2v) is 3.18. The first kappa shape index (κ1) is 12.1. The molecular formula is C12H13NO3. The van der Waals surface area contributed by atoms with E-state index in [-0.39, 0.29) is 0 Å². The van der Waals surface area contributed by atoms with E-state index >= 15 is 0 Å². The van der Waals surface area contributed by atoms with E-state index in [4.69, 9.17) is 10.00 Å². The van der Waals surface area contributed by atoms with E-state index in [2.05, 4.69) is 10.8 Å². The van der Waals surface area contributed by atoms with Crippen molar-refractivity contribution in [3.05, 3.63) is 29.3 Å². The second kappa shape index (κ2) is 5.76. The van der Waals surface area contributed by atoms with E-state index in [1.54, 1.807) is 12.1 Å². The molecule has 0 bridgehead atoms. The van der Waals surface area contributed by atoms with Crippen LogP contribution in [-0.4, -0.2) is 20.2 Å². The first-order valence-electron chi connectivity index (χ1n) is 4.85. The van der Waals surface area contributed by atoms with E-state index in [1.165, 1.54) is 14.2 Å². The fourth-order valence-corrected chi connectivity index (χ4v) is 1.38. The van der Waals surface area contributed by atoms with Gasteiger partial charge in [-0.15, -0.1) is 0 Å². The summed E-state index contributed by atoms with van der Waals surface area (Å²) in [5, 5.41) is 8.49. The number of ether oxygens (including phenoxy) is 2. The average Bonchev–Trinajstić information content (AvgIpc) is 2.35. The minimum absolute atomic E-state index is 0.389. The standard InChI is InChI=1S/C12H13NO3/c1-15-11-6-5-9(4-3-7-13)8-10(11)12(14)16-2/h5-6,8H,3-4H2,1-2H3. The fourth-order valence-electron chi connectivity index (χ4n) is 1.38. The number of esters is 1. The molecule has 0 aromatic heterocycles. The molecule has 1 aromatic rings. The lowest BCUT2D eigenvalue weighted by Crippen LogP contribution is -2.05. The maximum absolute atomic E-state index is 11.5. The Balaban J connectivity index is 3.02. The molecule has 4 heteroatoms. The normalized spacial score (nSPS) is 9.31. The molecule has 0 saturated carbocycles. The summed E-state index contributed by atoms with van der Waals surface area (Å²) in [5.74, 6) is 0.0446. The van der Waals surface area contributed by atoms with Crippen LogP contribution >= 0.6 is 0 Å². The van der Waals surface area contributed by atoms with Crippen LogP contribution in [0.3, 0.4) is 0 Å². The van der Waals surface area contributed by atoms with Gasteiger partial charge in [0.2, 0.25) is 0 Å². The predicted molar refractivity (Wildman–Crippen MR) is 58.3 cm³/mol. The van der Waals surface area contributed by atoms with Crippen LogP contribution in [0.2, 0.25) is 0 Å². The van der Waals surface area contributed by atoms with Crippen LogP contribution in [0, 0.1) is 11.3 Å². The Hall–Kier alpha value is -2.02. The molecule has 0 N–H and O–H groups in total. The van der Waals surface area contributed by atoms with E-state index in [1.807, 2.05) is 6.07 Å². The van der Waals surface area contributed by atoms with Gasteiger partial charge in [-0.2, -0.15) is 5.26 Å². The first-order chi connectivity index (χ1) is 7.72. The molecule has 0 fully saturated rings. The lowest BCUT2D eigenvalue weighted by atomic mass is 10.1. The van der Waals surface area contributed by atoms with E-state index in [0.29, 0.717) is 24.2 Å². The summed E-state index contributed by atoms with van der Waals surface area (Å²) in [6.45, 7) is 0. The van der Waals surface area contributed by atoms with Gasteiger partial charge in [-0.05, 0) is 24.1 Å². The van der Waals surface area contributed by atoms with Crippen LogP contribution in [0.15, 0.2) is 18.2 Å². The quantitative estimate of drug-likeness (QED) is 0.726. The number of rotatable bonds is 4. The molecule has 1 rings (SSSR count). The van der Waals surface area contributed by atoms with Gasteiger partial charge in [0.25, 0.3) is 0 Å². The number of carbonyl (C=O) groups excluding carboxylic acids is 1. The molecule has 0 unspecified atom stereocenters. The molecule has 0 saturated heterocycles. The zero-order valence-corrected chi connectivity index (χ0v) is 9.32. The van der Waals surface area contributed by atoms with Gasteiger partial charge in [-0.1, -0.05) is 6.07 Å². The van der Waals surface area contributed by atoms with Gasteiger partial charge in [0.05, 0.1) is 20.3 Å². The van der Waals surface area contributed by atoms with Crippen molar-refractivity contribution < 1.29 is 14.3 Å². The molecule has 0 aliphatic carbocycles. The Labute approximate surface area is 94.4 Å². The first-order valence-corrected chi connectivity index (χ1v) is 4.85.